The first-order valence-corrected chi connectivity index (χ1v) is 5.76. The highest BCUT2D eigenvalue weighted by Gasteiger charge is 2.23. The zero-order chi connectivity index (χ0) is 9.35. The van der Waals surface area contributed by atoms with Gasteiger partial charge in [-0.2, -0.15) is 8.42 Å². The van der Waals surface area contributed by atoms with E-state index in [-0.39, 0.29) is 0 Å². The summed E-state index contributed by atoms with van der Waals surface area (Å²) in [4.78, 5) is 0.727. The van der Waals surface area contributed by atoms with Crippen LogP contribution in [0.2, 0.25) is 0 Å². The Balaban J connectivity index is 3.11. The van der Waals surface area contributed by atoms with Crippen LogP contribution in [-0.2, 0) is 14.5 Å². The summed E-state index contributed by atoms with van der Waals surface area (Å²) in [6.07, 6.45) is 1.83. The number of rotatable bonds is 1. The van der Waals surface area contributed by atoms with Crippen LogP contribution in [0.25, 0.3) is 0 Å². The van der Waals surface area contributed by atoms with Gasteiger partial charge in [-0.1, -0.05) is 6.58 Å². The van der Waals surface area contributed by atoms with Crippen LogP contribution >= 0.6 is 11.8 Å². The minimum absolute atomic E-state index is 0.367. The number of nitrogens with one attached hydrogen (secondary N) is 1. The van der Waals surface area contributed by atoms with Crippen molar-refractivity contribution in [2.24, 2.45) is 0 Å². The standard InChI is InChI=1S/C6H9NO3S2/c1-4-6(11-3)5(2)10-12(8,9)7-4/h7H,1H2,2-3H3. The predicted molar refractivity (Wildman–Crippen MR) is 48.5 cm³/mol. The summed E-state index contributed by atoms with van der Waals surface area (Å²) in [6.45, 7) is 5.16. The van der Waals surface area contributed by atoms with Gasteiger partial charge in [-0.05, 0) is 13.2 Å². The summed E-state index contributed by atoms with van der Waals surface area (Å²) in [5, 5.41) is 0. The topological polar surface area (TPSA) is 55.4 Å². The Morgan fingerprint density at radius 2 is 2.17 bits per heavy atom. The van der Waals surface area contributed by atoms with Crippen LogP contribution in [0.1, 0.15) is 6.92 Å². The Bertz CT molecular complexity index is 342. The van der Waals surface area contributed by atoms with E-state index in [2.05, 4.69) is 15.5 Å². The average molecular weight is 207 g/mol. The summed E-state index contributed by atoms with van der Waals surface area (Å²) < 4.78 is 28.6. The molecule has 0 aromatic rings. The number of allylic oxidation sites excluding steroid dienone is 1. The zero-order valence-corrected chi connectivity index (χ0v) is 8.38. The van der Waals surface area contributed by atoms with Gasteiger partial charge in [0, 0.05) is 0 Å². The highest BCUT2D eigenvalue weighted by molar-refractivity contribution is 8.02. The van der Waals surface area contributed by atoms with Gasteiger partial charge in [-0.25, -0.2) is 0 Å². The highest BCUT2D eigenvalue weighted by Crippen LogP contribution is 2.28. The fourth-order valence-electron chi connectivity index (χ4n) is 0.900. The van der Waals surface area contributed by atoms with E-state index in [1.54, 1.807) is 6.92 Å². The van der Waals surface area contributed by atoms with Gasteiger partial charge in [0.1, 0.15) is 5.76 Å². The quantitative estimate of drug-likeness (QED) is 0.695. The van der Waals surface area contributed by atoms with Crippen molar-refractivity contribution in [3.8, 4) is 0 Å². The van der Waals surface area contributed by atoms with Crippen molar-refractivity contribution in [3.05, 3.63) is 22.9 Å². The molecule has 1 aliphatic heterocycles. The molecular formula is C6H9NO3S2. The third-order valence-corrected chi connectivity index (χ3v) is 3.19. The second-order valence-electron chi connectivity index (χ2n) is 2.21. The van der Waals surface area contributed by atoms with Crippen molar-refractivity contribution < 1.29 is 12.6 Å². The monoisotopic (exact) mass is 207 g/mol. The van der Waals surface area contributed by atoms with Crippen molar-refractivity contribution in [1.82, 2.24) is 4.72 Å². The number of hydrogen-bond donors (Lipinski definition) is 1. The van der Waals surface area contributed by atoms with Gasteiger partial charge in [0.15, 0.2) is 0 Å². The Morgan fingerprint density at radius 3 is 2.58 bits per heavy atom. The molecule has 1 aliphatic rings. The van der Waals surface area contributed by atoms with Crippen LogP contribution in [0, 0.1) is 0 Å². The summed E-state index contributed by atoms with van der Waals surface area (Å²) in [7, 11) is -3.64. The second-order valence-corrected chi connectivity index (χ2v) is 4.30. The minimum atomic E-state index is -3.64. The van der Waals surface area contributed by atoms with Gasteiger partial charge in [-0.3, -0.25) is 4.72 Å². The minimum Gasteiger partial charge on any atom is -0.370 e. The lowest BCUT2D eigenvalue weighted by molar-refractivity contribution is 0.393. The van der Waals surface area contributed by atoms with Gasteiger partial charge in [0.2, 0.25) is 0 Å². The largest absolute Gasteiger partial charge is 0.407 e. The Hall–Kier alpha value is -0.620. The molecule has 0 aliphatic carbocycles. The molecule has 0 aromatic heterocycles. The van der Waals surface area contributed by atoms with Gasteiger partial charge >= 0.3 is 10.3 Å². The molecule has 1 rings (SSSR count). The average Bonchev–Trinajstić information content (AvgIpc) is 1.82. The Morgan fingerprint density at radius 1 is 1.58 bits per heavy atom. The van der Waals surface area contributed by atoms with E-state index in [1.165, 1.54) is 11.8 Å². The van der Waals surface area contributed by atoms with Gasteiger partial charge < -0.3 is 4.18 Å². The van der Waals surface area contributed by atoms with Crippen molar-refractivity contribution in [2.75, 3.05) is 6.26 Å². The first-order valence-electron chi connectivity index (χ1n) is 3.12. The zero-order valence-electron chi connectivity index (χ0n) is 6.75. The molecule has 1 N–H and O–H groups in total. The SMILES string of the molecule is C=C1NS(=O)(=O)OC(C)=C1SC. The summed E-state index contributed by atoms with van der Waals surface area (Å²) in [6, 6.07) is 0. The number of hydrogen-bond acceptors (Lipinski definition) is 4. The molecule has 12 heavy (non-hydrogen) atoms. The molecule has 0 saturated carbocycles. The first-order chi connectivity index (χ1) is 5.46. The van der Waals surface area contributed by atoms with Crippen LogP contribution in [0.4, 0.5) is 0 Å². The molecule has 0 radical (unpaired) electrons. The summed E-state index contributed by atoms with van der Waals surface area (Å²) in [5.41, 5.74) is 0.367. The van der Waals surface area contributed by atoms with E-state index in [9.17, 15) is 8.42 Å². The summed E-state index contributed by atoms with van der Waals surface area (Å²) in [5.74, 6) is 0.367. The maximum Gasteiger partial charge on any atom is 0.407 e. The van der Waals surface area contributed by atoms with Crippen LogP contribution < -0.4 is 4.72 Å². The molecule has 4 nitrogen and oxygen atoms in total. The first kappa shape index (κ1) is 9.47. The molecule has 1 heterocycles. The van der Waals surface area contributed by atoms with E-state index >= 15 is 0 Å². The van der Waals surface area contributed by atoms with Crippen LogP contribution in [0.3, 0.4) is 0 Å². The molecule has 0 fully saturated rings. The molecule has 6 heteroatoms. The maximum atomic E-state index is 10.9. The third-order valence-electron chi connectivity index (χ3n) is 1.28. The summed E-state index contributed by atoms with van der Waals surface area (Å²) >= 11 is 1.39. The van der Waals surface area contributed by atoms with Gasteiger partial charge in [0.25, 0.3) is 0 Å². The lowest BCUT2D eigenvalue weighted by Gasteiger charge is -2.20. The van der Waals surface area contributed by atoms with Crippen molar-refractivity contribution in [3.63, 3.8) is 0 Å². The third kappa shape index (κ3) is 1.75. The molecule has 0 saturated heterocycles. The Kier molecular flexibility index (Phi) is 2.39. The van der Waals surface area contributed by atoms with Gasteiger partial charge in [-0.15, -0.1) is 11.8 Å². The molecule has 0 amide bonds. The van der Waals surface area contributed by atoms with E-state index in [1.807, 2.05) is 6.26 Å². The lowest BCUT2D eigenvalue weighted by Crippen LogP contribution is -2.29. The van der Waals surface area contributed by atoms with E-state index in [0.717, 1.165) is 4.91 Å². The molecule has 0 spiro atoms. The fraction of sp³-hybridized carbons (Fsp3) is 0.333. The predicted octanol–water partition coefficient (Wildman–Crippen LogP) is 0.959. The van der Waals surface area contributed by atoms with E-state index in [0.29, 0.717) is 11.5 Å². The van der Waals surface area contributed by atoms with E-state index < -0.39 is 10.3 Å². The highest BCUT2D eigenvalue weighted by atomic mass is 32.2. The smallest absolute Gasteiger partial charge is 0.370 e. The molecule has 68 valence electrons. The molecular weight excluding hydrogens is 198 g/mol. The van der Waals surface area contributed by atoms with Crippen molar-refractivity contribution in [2.45, 2.75) is 6.92 Å². The van der Waals surface area contributed by atoms with Crippen molar-refractivity contribution in [1.29, 1.82) is 0 Å². The van der Waals surface area contributed by atoms with Crippen LogP contribution in [0.5, 0.6) is 0 Å². The number of thioether (sulfide) groups is 1. The van der Waals surface area contributed by atoms with Crippen molar-refractivity contribution >= 4 is 22.1 Å². The van der Waals surface area contributed by atoms with Gasteiger partial charge in [0.05, 0.1) is 10.6 Å². The fourth-order valence-corrected chi connectivity index (χ4v) is 2.50. The molecule has 0 bridgehead atoms. The second kappa shape index (κ2) is 3.02. The molecule has 0 aromatic carbocycles. The van der Waals surface area contributed by atoms with Crippen LogP contribution in [0.15, 0.2) is 22.9 Å². The molecule has 0 unspecified atom stereocenters. The lowest BCUT2D eigenvalue weighted by atomic mass is 10.4. The Labute approximate surface area is 75.9 Å². The molecule has 0 atom stereocenters. The van der Waals surface area contributed by atoms with Crippen LogP contribution in [-0.4, -0.2) is 14.7 Å². The normalized spacial score (nSPS) is 21.7. The maximum absolute atomic E-state index is 10.9. The van der Waals surface area contributed by atoms with E-state index in [4.69, 9.17) is 0 Å².